The molecule has 0 aliphatic carbocycles. The van der Waals surface area contributed by atoms with Crippen LogP contribution in [0.2, 0.25) is 0 Å². The lowest BCUT2D eigenvalue weighted by Crippen LogP contribution is -2.27. The average Bonchev–Trinajstić information content (AvgIpc) is 2.68. The fraction of sp³-hybridized carbons (Fsp3) is 0.333. The van der Waals surface area contributed by atoms with E-state index >= 15 is 0 Å². The van der Waals surface area contributed by atoms with Gasteiger partial charge in [0.1, 0.15) is 12.2 Å². The molecule has 0 radical (unpaired) electrons. The topological polar surface area (TPSA) is 38.1 Å². The second-order valence-corrected chi connectivity index (χ2v) is 4.16. The van der Waals surface area contributed by atoms with Gasteiger partial charge in [0.2, 0.25) is 5.91 Å². The van der Waals surface area contributed by atoms with E-state index in [4.69, 9.17) is 0 Å². The zero-order chi connectivity index (χ0) is 13.3. The Labute approximate surface area is 103 Å². The Hall–Kier alpha value is -1.98. The fourth-order valence-corrected chi connectivity index (χ4v) is 1.73. The number of fused-ring (bicyclic) bond motifs is 1. The van der Waals surface area contributed by atoms with Crippen molar-refractivity contribution in [2.75, 3.05) is 14.1 Å². The monoisotopic (exact) mass is 253 g/mol. The molecule has 0 saturated carbocycles. The maximum absolute atomic E-state index is 12.9. The van der Waals surface area contributed by atoms with Gasteiger partial charge in [0.05, 0.1) is 5.69 Å². The largest absolute Gasteiger partial charge is 0.347 e. The summed E-state index contributed by atoms with van der Waals surface area (Å²) in [4.78, 5) is 17.1. The Bertz CT molecular complexity index is 578. The molecule has 18 heavy (non-hydrogen) atoms. The number of halogens is 2. The molecular formula is C12H13F2N3O. The van der Waals surface area contributed by atoms with Crippen molar-refractivity contribution in [3.63, 3.8) is 0 Å². The second kappa shape index (κ2) is 4.72. The first-order chi connectivity index (χ1) is 8.50. The first-order valence-corrected chi connectivity index (χ1v) is 5.43. The van der Waals surface area contributed by atoms with E-state index in [0.29, 0.717) is 11.0 Å². The number of rotatable bonds is 3. The van der Waals surface area contributed by atoms with Crippen LogP contribution < -0.4 is 0 Å². The molecule has 1 amide bonds. The van der Waals surface area contributed by atoms with Crippen molar-refractivity contribution in [3.05, 3.63) is 30.1 Å². The van der Waals surface area contributed by atoms with Crippen LogP contribution in [0, 0.1) is 0 Å². The molecule has 2 aromatic rings. The van der Waals surface area contributed by atoms with Crippen LogP contribution in [0.4, 0.5) is 8.78 Å². The summed E-state index contributed by atoms with van der Waals surface area (Å²) in [7, 11) is 3.17. The van der Waals surface area contributed by atoms with Crippen LogP contribution in [0.5, 0.6) is 0 Å². The lowest BCUT2D eigenvalue weighted by atomic mass is 10.3. The molecule has 0 bridgehead atoms. The summed E-state index contributed by atoms with van der Waals surface area (Å²) in [6.45, 7) is -0.132. The smallest absolute Gasteiger partial charge is 0.278 e. The lowest BCUT2D eigenvalue weighted by Gasteiger charge is -2.13. The Kier molecular flexibility index (Phi) is 3.27. The zero-order valence-corrected chi connectivity index (χ0v) is 10.1. The third-order valence-corrected chi connectivity index (χ3v) is 2.70. The summed E-state index contributed by atoms with van der Waals surface area (Å²) in [5.41, 5.74) is 0.224. The van der Waals surface area contributed by atoms with Gasteiger partial charge in [-0.2, -0.15) is 0 Å². The minimum Gasteiger partial charge on any atom is -0.347 e. The minimum absolute atomic E-state index is 0.132. The molecule has 2 aromatic heterocycles. The van der Waals surface area contributed by atoms with Gasteiger partial charge < -0.3 is 9.47 Å². The first-order valence-electron chi connectivity index (χ1n) is 5.43. The number of likely N-dealkylation sites (N-methyl/N-ethyl adjacent to an activating group) is 1. The van der Waals surface area contributed by atoms with Crippen LogP contribution in [0.3, 0.4) is 0 Å². The van der Waals surface area contributed by atoms with Crippen LogP contribution in [0.25, 0.3) is 11.0 Å². The maximum Gasteiger partial charge on any atom is 0.278 e. The van der Waals surface area contributed by atoms with E-state index in [1.54, 1.807) is 26.2 Å². The predicted molar refractivity (Wildman–Crippen MR) is 63.4 cm³/mol. The van der Waals surface area contributed by atoms with Crippen molar-refractivity contribution >= 4 is 16.9 Å². The van der Waals surface area contributed by atoms with Gasteiger partial charge >= 0.3 is 0 Å². The second-order valence-electron chi connectivity index (χ2n) is 4.16. The Morgan fingerprint density at radius 2 is 2.22 bits per heavy atom. The number of carbonyl (C=O) groups excluding carboxylic acids is 1. The quantitative estimate of drug-likeness (QED) is 0.839. The fourth-order valence-electron chi connectivity index (χ4n) is 1.73. The Morgan fingerprint density at radius 1 is 1.50 bits per heavy atom. The summed E-state index contributed by atoms with van der Waals surface area (Å²) in [6, 6.07) is 4.75. The normalized spacial score (nSPS) is 11.2. The number of pyridine rings is 1. The van der Waals surface area contributed by atoms with Gasteiger partial charge in [-0.1, -0.05) is 0 Å². The lowest BCUT2D eigenvalue weighted by molar-refractivity contribution is -0.129. The summed E-state index contributed by atoms with van der Waals surface area (Å²) < 4.78 is 27.2. The summed E-state index contributed by atoms with van der Waals surface area (Å²) in [6.07, 6.45) is -1.11. The van der Waals surface area contributed by atoms with E-state index in [0.717, 1.165) is 0 Å². The highest BCUT2D eigenvalue weighted by atomic mass is 19.3. The van der Waals surface area contributed by atoms with Crippen molar-refractivity contribution in [2.45, 2.75) is 13.0 Å². The van der Waals surface area contributed by atoms with E-state index in [9.17, 15) is 13.6 Å². The van der Waals surface area contributed by atoms with Crippen LogP contribution >= 0.6 is 0 Å². The molecule has 2 heterocycles. The zero-order valence-electron chi connectivity index (χ0n) is 10.1. The summed E-state index contributed by atoms with van der Waals surface area (Å²) in [5, 5.41) is 0.611. The highest BCUT2D eigenvalue weighted by molar-refractivity contribution is 5.81. The number of nitrogens with zero attached hydrogens (tertiary/aromatic N) is 3. The van der Waals surface area contributed by atoms with Crippen LogP contribution in [-0.4, -0.2) is 34.5 Å². The van der Waals surface area contributed by atoms with Gasteiger partial charge in [-0.25, -0.2) is 13.8 Å². The standard InChI is InChI=1S/C12H13F2N3O/c1-16(2)10(18)7-17-9(11(13)14)6-8-4-3-5-15-12(8)17/h3-6,11H,7H2,1-2H3. The van der Waals surface area contributed by atoms with Crippen LogP contribution in [-0.2, 0) is 11.3 Å². The van der Waals surface area contributed by atoms with E-state index in [-0.39, 0.29) is 18.1 Å². The average molecular weight is 253 g/mol. The van der Waals surface area contributed by atoms with Crippen LogP contribution in [0.1, 0.15) is 12.1 Å². The van der Waals surface area contributed by atoms with Gasteiger partial charge in [-0.3, -0.25) is 4.79 Å². The molecule has 0 N–H and O–H groups in total. The molecule has 96 valence electrons. The van der Waals surface area contributed by atoms with Crippen molar-refractivity contribution in [1.29, 1.82) is 0 Å². The molecule has 0 saturated heterocycles. The van der Waals surface area contributed by atoms with Gasteiger partial charge in [-0.15, -0.1) is 0 Å². The van der Waals surface area contributed by atoms with Gasteiger partial charge in [-0.05, 0) is 18.2 Å². The summed E-state index contributed by atoms with van der Waals surface area (Å²) >= 11 is 0. The number of aromatic nitrogens is 2. The summed E-state index contributed by atoms with van der Waals surface area (Å²) in [5.74, 6) is -0.250. The minimum atomic E-state index is -2.63. The molecule has 0 fully saturated rings. The molecule has 0 unspecified atom stereocenters. The maximum atomic E-state index is 12.9. The Morgan fingerprint density at radius 3 is 2.83 bits per heavy atom. The first kappa shape index (κ1) is 12.5. The number of hydrogen-bond donors (Lipinski definition) is 0. The van der Waals surface area contributed by atoms with Gasteiger partial charge in [0.15, 0.2) is 0 Å². The molecule has 2 rings (SSSR count). The van der Waals surface area contributed by atoms with Crippen molar-refractivity contribution in [3.8, 4) is 0 Å². The van der Waals surface area contributed by atoms with Crippen molar-refractivity contribution in [2.24, 2.45) is 0 Å². The molecule has 6 heteroatoms. The predicted octanol–water partition coefficient (Wildman–Crippen LogP) is 2.06. The molecule has 0 atom stereocenters. The molecule has 0 spiro atoms. The van der Waals surface area contributed by atoms with E-state index in [1.165, 1.54) is 21.7 Å². The highest BCUT2D eigenvalue weighted by Crippen LogP contribution is 2.26. The highest BCUT2D eigenvalue weighted by Gasteiger charge is 2.19. The molecule has 0 aliphatic heterocycles. The third-order valence-electron chi connectivity index (χ3n) is 2.70. The van der Waals surface area contributed by atoms with E-state index in [2.05, 4.69) is 4.98 Å². The van der Waals surface area contributed by atoms with Crippen molar-refractivity contribution in [1.82, 2.24) is 14.5 Å². The SMILES string of the molecule is CN(C)C(=O)Cn1c(C(F)F)cc2cccnc21. The Balaban J connectivity index is 2.52. The van der Waals surface area contributed by atoms with E-state index < -0.39 is 6.43 Å². The van der Waals surface area contributed by atoms with Gasteiger partial charge in [0.25, 0.3) is 6.43 Å². The van der Waals surface area contributed by atoms with E-state index in [1.807, 2.05) is 0 Å². The number of alkyl halides is 2. The number of carbonyl (C=O) groups is 1. The number of hydrogen-bond acceptors (Lipinski definition) is 2. The van der Waals surface area contributed by atoms with Crippen molar-refractivity contribution < 1.29 is 13.6 Å². The number of amides is 1. The molecule has 0 aliphatic rings. The molecule has 4 nitrogen and oxygen atoms in total. The van der Waals surface area contributed by atoms with Gasteiger partial charge in [0, 0.05) is 25.7 Å². The van der Waals surface area contributed by atoms with Crippen LogP contribution in [0.15, 0.2) is 24.4 Å². The third kappa shape index (κ3) is 2.18. The molecular weight excluding hydrogens is 240 g/mol. The molecule has 0 aromatic carbocycles.